The van der Waals surface area contributed by atoms with E-state index in [-0.39, 0.29) is 35.3 Å². The minimum absolute atomic E-state index is 0.0501. The molecule has 1 saturated heterocycles. The highest BCUT2D eigenvalue weighted by Gasteiger charge is 2.46. The van der Waals surface area contributed by atoms with Crippen molar-refractivity contribution in [3.05, 3.63) is 65.4 Å². The second-order valence-corrected chi connectivity index (χ2v) is 11.4. The van der Waals surface area contributed by atoms with E-state index in [1.54, 1.807) is 4.90 Å². The van der Waals surface area contributed by atoms with Crippen molar-refractivity contribution in [3.8, 4) is 17.0 Å². The number of phenols is 1. The minimum Gasteiger partial charge on any atom is -0.503 e. The molecule has 38 heavy (non-hydrogen) atoms. The fourth-order valence-electron chi connectivity index (χ4n) is 4.63. The molecular weight excluding hydrogens is 533 g/mol. The Morgan fingerprint density at radius 3 is 2.45 bits per heavy atom. The first-order chi connectivity index (χ1) is 17.8. The van der Waals surface area contributed by atoms with Gasteiger partial charge in [0.15, 0.2) is 32.9 Å². The van der Waals surface area contributed by atoms with Crippen molar-refractivity contribution in [2.24, 2.45) is 7.05 Å². The maximum atomic E-state index is 14.7. The van der Waals surface area contributed by atoms with Gasteiger partial charge in [0.05, 0.1) is 22.2 Å². The molecule has 3 heterocycles. The molecule has 1 fully saturated rings. The van der Waals surface area contributed by atoms with E-state index in [9.17, 15) is 35.5 Å². The number of aryl methyl sites for hydroxylation is 1. The third kappa shape index (κ3) is 4.31. The Morgan fingerprint density at radius 2 is 1.82 bits per heavy atom. The van der Waals surface area contributed by atoms with Gasteiger partial charge in [0.2, 0.25) is 5.95 Å². The maximum Gasteiger partial charge on any atom is 0.419 e. The third-order valence-corrected chi connectivity index (χ3v) is 8.17. The van der Waals surface area contributed by atoms with E-state index in [4.69, 9.17) is 0 Å². The summed E-state index contributed by atoms with van der Waals surface area (Å²) in [6.45, 7) is 0.127. The number of sulfone groups is 1. The van der Waals surface area contributed by atoms with Crippen LogP contribution in [-0.2, 0) is 29.5 Å². The number of hydrogen-bond donors (Lipinski definition) is 1. The van der Waals surface area contributed by atoms with Crippen LogP contribution in [0, 0.1) is 11.6 Å². The first-order valence-corrected chi connectivity index (χ1v) is 13.2. The summed E-state index contributed by atoms with van der Waals surface area (Å²) in [6.07, 6.45) is -2.41. The van der Waals surface area contributed by atoms with Crippen molar-refractivity contribution in [2.75, 3.05) is 17.7 Å². The van der Waals surface area contributed by atoms with Gasteiger partial charge in [-0.3, -0.25) is 0 Å². The van der Waals surface area contributed by atoms with E-state index >= 15 is 0 Å². The van der Waals surface area contributed by atoms with E-state index in [2.05, 4.69) is 15.1 Å². The van der Waals surface area contributed by atoms with Gasteiger partial charge in [0, 0.05) is 31.6 Å². The van der Waals surface area contributed by atoms with Gasteiger partial charge in [-0.15, -0.1) is 0 Å². The van der Waals surface area contributed by atoms with E-state index in [1.807, 2.05) is 30.3 Å². The highest BCUT2D eigenvalue weighted by Crippen LogP contribution is 2.41. The molecule has 0 aliphatic carbocycles. The number of anilines is 1. The Morgan fingerprint density at radius 1 is 1.13 bits per heavy atom. The maximum absolute atomic E-state index is 14.7. The lowest BCUT2D eigenvalue weighted by Crippen LogP contribution is -2.64. The van der Waals surface area contributed by atoms with Gasteiger partial charge < -0.3 is 10.0 Å². The molecule has 8 nitrogen and oxygen atoms in total. The second-order valence-electron chi connectivity index (χ2n) is 9.10. The Labute approximate surface area is 213 Å². The topological polar surface area (TPSA) is 101 Å². The van der Waals surface area contributed by atoms with Crippen LogP contribution in [-0.4, -0.2) is 57.4 Å². The molecule has 2 aromatic heterocycles. The molecule has 1 unspecified atom stereocenters. The number of halogens is 5. The fourth-order valence-corrected chi connectivity index (χ4v) is 5.87. The van der Waals surface area contributed by atoms with Crippen LogP contribution >= 0.6 is 0 Å². The molecule has 14 heteroatoms. The molecule has 0 amide bonds. The quantitative estimate of drug-likeness (QED) is 0.375. The van der Waals surface area contributed by atoms with Crippen molar-refractivity contribution in [3.63, 3.8) is 0 Å². The van der Waals surface area contributed by atoms with Crippen molar-refractivity contribution in [2.45, 2.75) is 23.9 Å². The first kappa shape index (κ1) is 25.8. The number of fused-ring (bicyclic) bond motifs is 1. The molecule has 0 radical (unpaired) electrons. The number of phenolic OH excluding ortho intramolecular Hbond substituents is 1. The SMILES string of the molecule is Cn1nc(-c2cc(C(F)(F)F)c(F)c(O)c2F)c2cnc(N3CC(S(C)(=O)=O)[C@H]3Cc3ccccc3)nc21. The summed E-state index contributed by atoms with van der Waals surface area (Å²) in [5, 5.41) is 13.1. The van der Waals surface area contributed by atoms with Gasteiger partial charge >= 0.3 is 6.18 Å². The summed E-state index contributed by atoms with van der Waals surface area (Å²) >= 11 is 0. The number of nitrogens with zero attached hydrogens (tertiary/aromatic N) is 5. The number of benzene rings is 2. The van der Waals surface area contributed by atoms with Crippen molar-refractivity contribution in [1.82, 2.24) is 19.7 Å². The number of alkyl halides is 3. The summed E-state index contributed by atoms with van der Waals surface area (Å²) < 4.78 is 94.5. The summed E-state index contributed by atoms with van der Waals surface area (Å²) in [5.41, 5.74) is -1.93. The van der Waals surface area contributed by atoms with Crippen LogP contribution in [0.2, 0.25) is 0 Å². The number of aromatic nitrogens is 4. The molecule has 1 aliphatic heterocycles. The summed E-state index contributed by atoms with van der Waals surface area (Å²) in [4.78, 5) is 10.4. The summed E-state index contributed by atoms with van der Waals surface area (Å²) in [7, 11) is -1.97. The van der Waals surface area contributed by atoms with Crippen LogP contribution in [0.3, 0.4) is 0 Å². The zero-order chi connectivity index (χ0) is 27.6. The Hall–Kier alpha value is -3.81. The molecular formula is C24H20F5N5O3S. The standard InChI is InChI=1S/C24H20F5N5O3S/c1-33-22-14(20(32-33)13-9-15(24(27,28)29)19(26)21(35)18(13)25)10-30-23(31-22)34-11-17(38(2,36)37)16(34)8-12-6-4-3-5-7-12/h3-7,9-10,16-17,35H,8,11H2,1-2H3/t16-,17?/m1/s1. The molecule has 0 saturated carbocycles. The average molecular weight is 554 g/mol. The number of aromatic hydroxyl groups is 1. The van der Waals surface area contributed by atoms with Crippen LogP contribution in [0.1, 0.15) is 11.1 Å². The van der Waals surface area contributed by atoms with Crippen LogP contribution in [0.5, 0.6) is 5.75 Å². The van der Waals surface area contributed by atoms with E-state index in [0.717, 1.165) is 11.8 Å². The Kier molecular flexibility index (Phi) is 6.04. The molecule has 4 aromatic rings. The minimum atomic E-state index is -5.19. The molecule has 0 bridgehead atoms. The average Bonchev–Trinajstić information content (AvgIpc) is 3.15. The van der Waals surface area contributed by atoms with Gasteiger partial charge in [-0.2, -0.15) is 23.3 Å². The largest absolute Gasteiger partial charge is 0.503 e. The van der Waals surface area contributed by atoms with Crippen molar-refractivity contribution < 1.29 is 35.5 Å². The van der Waals surface area contributed by atoms with Gasteiger partial charge in [-0.05, 0) is 18.1 Å². The lowest BCUT2D eigenvalue weighted by Gasteiger charge is -2.47. The van der Waals surface area contributed by atoms with E-state index < -0.39 is 55.8 Å². The lowest BCUT2D eigenvalue weighted by molar-refractivity contribution is -0.140. The van der Waals surface area contributed by atoms with E-state index in [0.29, 0.717) is 6.42 Å². The normalized spacial score (nSPS) is 18.1. The van der Waals surface area contributed by atoms with Crippen LogP contribution < -0.4 is 4.90 Å². The number of rotatable bonds is 5. The zero-order valence-electron chi connectivity index (χ0n) is 19.9. The molecule has 5 rings (SSSR count). The first-order valence-electron chi connectivity index (χ1n) is 11.2. The second kappa shape index (κ2) is 8.89. The van der Waals surface area contributed by atoms with Crippen LogP contribution in [0.25, 0.3) is 22.3 Å². The van der Waals surface area contributed by atoms with E-state index in [1.165, 1.54) is 17.9 Å². The molecule has 2 aromatic carbocycles. The summed E-state index contributed by atoms with van der Waals surface area (Å²) in [6, 6.07) is 9.02. The smallest absolute Gasteiger partial charge is 0.419 e. The fraction of sp³-hybridized carbons (Fsp3) is 0.292. The molecule has 1 N–H and O–H groups in total. The lowest BCUT2D eigenvalue weighted by atomic mass is 9.95. The van der Waals surface area contributed by atoms with Crippen molar-refractivity contribution >= 4 is 26.8 Å². The number of hydrogen-bond acceptors (Lipinski definition) is 7. The summed E-state index contributed by atoms with van der Waals surface area (Å²) in [5.74, 6) is -5.35. The van der Waals surface area contributed by atoms with Crippen molar-refractivity contribution in [1.29, 1.82) is 0 Å². The molecule has 0 spiro atoms. The predicted octanol–water partition coefficient (Wildman–Crippen LogP) is 3.88. The van der Waals surface area contributed by atoms with Crippen LogP contribution in [0.4, 0.5) is 27.9 Å². The highest BCUT2D eigenvalue weighted by molar-refractivity contribution is 7.91. The Balaban J connectivity index is 1.57. The van der Waals surface area contributed by atoms with Gasteiger partial charge in [0.25, 0.3) is 0 Å². The zero-order valence-corrected chi connectivity index (χ0v) is 20.7. The highest BCUT2D eigenvalue weighted by atomic mass is 32.2. The molecule has 1 aliphatic rings. The van der Waals surface area contributed by atoms with Gasteiger partial charge in [-0.25, -0.2) is 26.9 Å². The third-order valence-electron chi connectivity index (χ3n) is 6.61. The van der Waals surface area contributed by atoms with Crippen LogP contribution in [0.15, 0.2) is 42.6 Å². The molecule has 2 atom stereocenters. The monoisotopic (exact) mass is 553 g/mol. The van der Waals surface area contributed by atoms with Gasteiger partial charge in [0.1, 0.15) is 5.69 Å². The van der Waals surface area contributed by atoms with Gasteiger partial charge in [-0.1, -0.05) is 30.3 Å². The predicted molar refractivity (Wildman–Crippen MR) is 128 cm³/mol. The Bertz CT molecular complexity index is 1660. The molecule has 200 valence electrons.